The van der Waals surface area contributed by atoms with Gasteiger partial charge in [0.05, 0.1) is 24.2 Å². The van der Waals surface area contributed by atoms with Crippen molar-refractivity contribution in [3.8, 4) is 0 Å². The molecule has 17 heavy (non-hydrogen) atoms. The SMILES string of the molecule is Cc1ccoc1CNc1ccccc1N(C)C. The Balaban J connectivity index is 2.11. The molecule has 2 rings (SSSR count). The lowest BCUT2D eigenvalue weighted by Crippen LogP contribution is -2.12. The van der Waals surface area contributed by atoms with Crippen LogP contribution < -0.4 is 10.2 Å². The van der Waals surface area contributed by atoms with Gasteiger partial charge < -0.3 is 14.6 Å². The molecule has 90 valence electrons. The van der Waals surface area contributed by atoms with Gasteiger partial charge in [0.2, 0.25) is 0 Å². The first kappa shape index (κ1) is 11.6. The number of benzene rings is 1. The summed E-state index contributed by atoms with van der Waals surface area (Å²) in [6, 6.07) is 10.2. The Hall–Kier alpha value is -1.90. The summed E-state index contributed by atoms with van der Waals surface area (Å²) in [6.45, 7) is 2.77. The van der Waals surface area contributed by atoms with Crippen molar-refractivity contribution in [1.29, 1.82) is 0 Å². The van der Waals surface area contributed by atoms with Crippen LogP contribution in [0.4, 0.5) is 11.4 Å². The molecular weight excluding hydrogens is 212 g/mol. The van der Waals surface area contributed by atoms with Gasteiger partial charge >= 0.3 is 0 Å². The minimum absolute atomic E-state index is 0.712. The number of hydrogen-bond donors (Lipinski definition) is 1. The zero-order chi connectivity index (χ0) is 12.3. The van der Waals surface area contributed by atoms with Crippen LogP contribution in [-0.2, 0) is 6.54 Å². The Morgan fingerprint density at radius 2 is 1.94 bits per heavy atom. The fourth-order valence-corrected chi connectivity index (χ4v) is 1.77. The van der Waals surface area contributed by atoms with Crippen LogP contribution >= 0.6 is 0 Å². The Kier molecular flexibility index (Phi) is 3.38. The average Bonchev–Trinajstić information content (AvgIpc) is 2.72. The monoisotopic (exact) mass is 230 g/mol. The summed E-state index contributed by atoms with van der Waals surface area (Å²) >= 11 is 0. The minimum atomic E-state index is 0.712. The van der Waals surface area contributed by atoms with E-state index in [4.69, 9.17) is 4.42 Å². The first-order valence-corrected chi connectivity index (χ1v) is 5.71. The van der Waals surface area contributed by atoms with Crippen molar-refractivity contribution in [2.24, 2.45) is 0 Å². The number of nitrogens with zero attached hydrogens (tertiary/aromatic N) is 1. The lowest BCUT2D eigenvalue weighted by Gasteiger charge is -2.18. The van der Waals surface area contributed by atoms with Gasteiger partial charge in [-0.2, -0.15) is 0 Å². The molecule has 1 aromatic heterocycles. The lowest BCUT2D eigenvalue weighted by molar-refractivity contribution is 0.515. The molecule has 0 bridgehead atoms. The summed E-state index contributed by atoms with van der Waals surface area (Å²) in [5, 5.41) is 3.40. The third kappa shape index (κ3) is 2.61. The summed E-state index contributed by atoms with van der Waals surface area (Å²) in [5.74, 6) is 0.985. The molecule has 1 N–H and O–H groups in total. The first-order chi connectivity index (χ1) is 8.18. The van der Waals surface area contributed by atoms with Gasteiger partial charge in [-0.1, -0.05) is 12.1 Å². The van der Waals surface area contributed by atoms with Gasteiger partial charge in [-0.15, -0.1) is 0 Å². The van der Waals surface area contributed by atoms with Crippen LogP contribution in [0.25, 0.3) is 0 Å². The summed E-state index contributed by atoms with van der Waals surface area (Å²) in [6.07, 6.45) is 1.73. The fraction of sp³-hybridized carbons (Fsp3) is 0.286. The lowest BCUT2D eigenvalue weighted by atomic mass is 10.2. The quantitative estimate of drug-likeness (QED) is 0.873. The molecule has 0 atom stereocenters. The molecule has 1 aromatic carbocycles. The van der Waals surface area contributed by atoms with Crippen LogP contribution in [0.5, 0.6) is 0 Å². The van der Waals surface area contributed by atoms with Gasteiger partial charge in [-0.05, 0) is 30.7 Å². The smallest absolute Gasteiger partial charge is 0.125 e. The Morgan fingerprint density at radius 1 is 1.18 bits per heavy atom. The van der Waals surface area contributed by atoms with Crippen molar-refractivity contribution in [2.75, 3.05) is 24.3 Å². The molecule has 0 saturated heterocycles. The Morgan fingerprint density at radius 3 is 2.59 bits per heavy atom. The molecule has 0 saturated carbocycles. The highest BCUT2D eigenvalue weighted by Gasteiger charge is 2.05. The number of para-hydroxylation sites is 2. The van der Waals surface area contributed by atoms with Gasteiger partial charge in [0.1, 0.15) is 5.76 Å². The molecular formula is C14H18N2O. The van der Waals surface area contributed by atoms with E-state index in [2.05, 4.69) is 29.3 Å². The molecule has 0 fully saturated rings. The number of rotatable bonds is 4. The fourth-order valence-electron chi connectivity index (χ4n) is 1.77. The van der Waals surface area contributed by atoms with Crippen LogP contribution in [0.2, 0.25) is 0 Å². The Labute approximate surface area is 102 Å². The molecule has 0 spiro atoms. The minimum Gasteiger partial charge on any atom is -0.467 e. The van der Waals surface area contributed by atoms with E-state index in [0.717, 1.165) is 11.4 Å². The average molecular weight is 230 g/mol. The number of anilines is 2. The highest BCUT2D eigenvalue weighted by atomic mass is 16.3. The van der Waals surface area contributed by atoms with E-state index >= 15 is 0 Å². The second-order valence-electron chi connectivity index (χ2n) is 4.29. The summed E-state index contributed by atoms with van der Waals surface area (Å²) in [7, 11) is 4.08. The number of furan rings is 1. The molecule has 3 heteroatoms. The second-order valence-corrected chi connectivity index (χ2v) is 4.29. The van der Waals surface area contributed by atoms with Gasteiger partial charge in [0.25, 0.3) is 0 Å². The van der Waals surface area contributed by atoms with E-state index in [0.29, 0.717) is 6.54 Å². The largest absolute Gasteiger partial charge is 0.467 e. The van der Waals surface area contributed by atoms with Crippen LogP contribution in [0, 0.1) is 6.92 Å². The van der Waals surface area contributed by atoms with E-state index < -0.39 is 0 Å². The van der Waals surface area contributed by atoms with Crippen molar-refractivity contribution < 1.29 is 4.42 Å². The molecule has 0 radical (unpaired) electrons. The molecule has 3 nitrogen and oxygen atoms in total. The highest BCUT2D eigenvalue weighted by molar-refractivity contribution is 5.69. The third-order valence-electron chi connectivity index (χ3n) is 2.79. The number of nitrogens with one attached hydrogen (secondary N) is 1. The van der Waals surface area contributed by atoms with E-state index in [-0.39, 0.29) is 0 Å². The summed E-state index contributed by atoms with van der Waals surface area (Å²) in [4.78, 5) is 2.09. The zero-order valence-electron chi connectivity index (χ0n) is 10.5. The predicted molar refractivity (Wildman–Crippen MR) is 71.5 cm³/mol. The molecule has 2 aromatic rings. The summed E-state index contributed by atoms with van der Waals surface area (Å²) < 4.78 is 5.41. The zero-order valence-corrected chi connectivity index (χ0v) is 10.5. The van der Waals surface area contributed by atoms with Crippen LogP contribution in [-0.4, -0.2) is 14.1 Å². The number of hydrogen-bond acceptors (Lipinski definition) is 3. The maximum absolute atomic E-state index is 5.41. The molecule has 1 heterocycles. The van der Waals surface area contributed by atoms with E-state index in [1.165, 1.54) is 11.3 Å². The van der Waals surface area contributed by atoms with E-state index in [1.807, 2.05) is 32.3 Å². The van der Waals surface area contributed by atoms with Crippen molar-refractivity contribution in [1.82, 2.24) is 0 Å². The van der Waals surface area contributed by atoms with Crippen molar-refractivity contribution in [3.05, 3.63) is 47.9 Å². The first-order valence-electron chi connectivity index (χ1n) is 5.71. The van der Waals surface area contributed by atoms with Gasteiger partial charge in [-0.3, -0.25) is 0 Å². The second kappa shape index (κ2) is 4.95. The standard InChI is InChI=1S/C14H18N2O/c1-11-8-9-17-14(11)10-15-12-6-4-5-7-13(12)16(2)3/h4-9,15H,10H2,1-3H3. The Bertz CT molecular complexity index is 488. The van der Waals surface area contributed by atoms with Crippen LogP contribution in [0.3, 0.4) is 0 Å². The highest BCUT2D eigenvalue weighted by Crippen LogP contribution is 2.24. The van der Waals surface area contributed by atoms with E-state index in [9.17, 15) is 0 Å². The van der Waals surface area contributed by atoms with Gasteiger partial charge in [-0.25, -0.2) is 0 Å². The third-order valence-corrected chi connectivity index (χ3v) is 2.79. The topological polar surface area (TPSA) is 28.4 Å². The molecule has 0 aliphatic carbocycles. The molecule has 0 aliphatic rings. The molecule has 0 unspecified atom stereocenters. The number of aryl methyl sites for hydroxylation is 1. The van der Waals surface area contributed by atoms with Gasteiger partial charge in [0, 0.05) is 14.1 Å². The molecule has 0 aliphatic heterocycles. The van der Waals surface area contributed by atoms with Crippen molar-refractivity contribution >= 4 is 11.4 Å². The van der Waals surface area contributed by atoms with Crippen LogP contribution in [0.15, 0.2) is 41.0 Å². The van der Waals surface area contributed by atoms with Crippen molar-refractivity contribution in [3.63, 3.8) is 0 Å². The van der Waals surface area contributed by atoms with Crippen LogP contribution in [0.1, 0.15) is 11.3 Å². The maximum atomic E-state index is 5.41. The predicted octanol–water partition coefficient (Wildman–Crippen LogP) is 3.27. The van der Waals surface area contributed by atoms with Gasteiger partial charge in [0.15, 0.2) is 0 Å². The summed E-state index contributed by atoms with van der Waals surface area (Å²) in [5.41, 5.74) is 3.48. The molecule has 0 amide bonds. The normalized spacial score (nSPS) is 10.3. The maximum Gasteiger partial charge on any atom is 0.125 e. The van der Waals surface area contributed by atoms with E-state index in [1.54, 1.807) is 6.26 Å². The van der Waals surface area contributed by atoms with Crippen molar-refractivity contribution in [2.45, 2.75) is 13.5 Å².